The fourth-order valence-corrected chi connectivity index (χ4v) is 1.65. The number of carboxylic acids is 1. The Morgan fingerprint density at radius 2 is 2.00 bits per heavy atom. The summed E-state index contributed by atoms with van der Waals surface area (Å²) in [6.45, 7) is 6.67. The van der Waals surface area contributed by atoms with Crippen molar-refractivity contribution >= 4 is 17.7 Å². The molecule has 1 aromatic carbocycles. The molecule has 0 spiro atoms. The number of rotatable bonds is 4. The van der Waals surface area contributed by atoms with Crippen LogP contribution in [0.15, 0.2) is 18.2 Å². The number of carbonyl (C=O) groups is 2. The standard InChI is InChI=1S/C15H20FNO4/c1-9(13(18)19)7-10-5-6-11(16)12(8-10)17-14(20)21-15(2,3)4/h5-6,8-9H,7H2,1-4H3,(H,17,20)(H,18,19). The summed E-state index contributed by atoms with van der Waals surface area (Å²) < 4.78 is 18.7. The number of hydrogen-bond donors (Lipinski definition) is 2. The Hall–Kier alpha value is -2.11. The summed E-state index contributed by atoms with van der Waals surface area (Å²) in [6, 6.07) is 4.10. The van der Waals surface area contributed by atoms with Crippen LogP contribution in [0.2, 0.25) is 0 Å². The second-order valence-electron chi connectivity index (χ2n) is 5.88. The molecule has 1 aromatic rings. The first-order valence-electron chi connectivity index (χ1n) is 6.59. The summed E-state index contributed by atoms with van der Waals surface area (Å²) in [5.74, 6) is -2.13. The molecule has 0 aliphatic heterocycles. The third-order valence-electron chi connectivity index (χ3n) is 2.63. The maximum atomic E-state index is 13.7. The Balaban J connectivity index is 2.83. The van der Waals surface area contributed by atoms with Crippen LogP contribution in [0.4, 0.5) is 14.9 Å². The summed E-state index contributed by atoms with van der Waals surface area (Å²) >= 11 is 0. The molecule has 21 heavy (non-hydrogen) atoms. The maximum absolute atomic E-state index is 13.7. The van der Waals surface area contributed by atoms with Crippen molar-refractivity contribution in [1.29, 1.82) is 0 Å². The molecule has 0 radical (unpaired) electrons. The lowest BCUT2D eigenvalue weighted by Gasteiger charge is -2.20. The molecule has 116 valence electrons. The molecule has 1 rings (SSSR count). The van der Waals surface area contributed by atoms with Crippen LogP contribution < -0.4 is 5.32 Å². The molecule has 0 saturated heterocycles. The van der Waals surface area contributed by atoms with Crippen molar-refractivity contribution in [2.45, 2.75) is 39.7 Å². The van der Waals surface area contributed by atoms with Crippen LogP contribution in [0.1, 0.15) is 33.3 Å². The molecule has 6 heteroatoms. The van der Waals surface area contributed by atoms with Crippen molar-refractivity contribution in [1.82, 2.24) is 0 Å². The Morgan fingerprint density at radius 1 is 1.38 bits per heavy atom. The molecule has 1 amide bonds. The molecular weight excluding hydrogens is 277 g/mol. The van der Waals surface area contributed by atoms with Crippen LogP contribution in [0.3, 0.4) is 0 Å². The molecule has 0 bridgehead atoms. The van der Waals surface area contributed by atoms with E-state index >= 15 is 0 Å². The Bertz CT molecular complexity index is 537. The zero-order chi connectivity index (χ0) is 16.2. The van der Waals surface area contributed by atoms with E-state index in [1.54, 1.807) is 27.7 Å². The normalized spacial score (nSPS) is 12.6. The van der Waals surface area contributed by atoms with E-state index in [1.807, 2.05) is 0 Å². The van der Waals surface area contributed by atoms with Gasteiger partial charge in [0.25, 0.3) is 0 Å². The quantitative estimate of drug-likeness (QED) is 0.892. The molecule has 0 aromatic heterocycles. The Kier molecular flexibility index (Phi) is 5.29. The van der Waals surface area contributed by atoms with Gasteiger partial charge in [-0.3, -0.25) is 10.1 Å². The van der Waals surface area contributed by atoms with Gasteiger partial charge in [-0.05, 0) is 44.9 Å². The van der Waals surface area contributed by atoms with E-state index in [0.29, 0.717) is 5.56 Å². The number of ether oxygens (including phenoxy) is 1. The molecule has 0 saturated carbocycles. The van der Waals surface area contributed by atoms with E-state index in [-0.39, 0.29) is 12.1 Å². The summed E-state index contributed by atoms with van der Waals surface area (Å²) in [6.07, 6.45) is -0.511. The van der Waals surface area contributed by atoms with Crippen LogP contribution in [0, 0.1) is 11.7 Å². The predicted molar refractivity (Wildman–Crippen MR) is 76.8 cm³/mol. The van der Waals surface area contributed by atoms with Gasteiger partial charge in [-0.15, -0.1) is 0 Å². The lowest BCUT2D eigenvalue weighted by Crippen LogP contribution is -2.27. The fourth-order valence-electron chi connectivity index (χ4n) is 1.65. The highest BCUT2D eigenvalue weighted by Crippen LogP contribution is 2.20. The molecule has 1 atom stereocenters. The van der Waals surface area contributed by atoms with Crippen LogP contribution >= 0.6 is 0 Å². The minimum Gasteiger partial charge on any atom is -0.481 e. The summed E-state index contributed by atoms with van der Waals surface area (Å²) in [5.41, 5.74) is -0.0904. The number of nitrogens with one attached hydrogen (secondary N) is 1. The fraction of sp³-hybridized carbons (Fsp3) is 0.467. The highest BCUT2D eigenvalue weighted by molar-refractivity contribution is 5.85. The third kappa shape index (κ3) is 5.81. The average molecular weight is 297 g/mol. The number of hydrogen-bond acceptors (Lipinski definition) is 3. The van der Waals surface area contributed by atoms with Gasteiger partial charge in [-0.2, -0.15) is 0 Å². The van der Waals surface area contributed by atoms with Crippen LogP contribution in [0.5, 0.6) is 0 Å². The van der Waals surface area contributed by atoms with Gasteiger partial charge in [-0.1, -0.05) is 13.0 Å². The second-order valence-corrected chi connectivity index (χ2v) is 5.88. The number of carboxylic acid groups (broad SMARTS) is 1. The molecule has 1 unspecified atom stereocenters. The van der Waals surface area contributed by atoms with Gasteiger partial charge in [0.05, 0.1) is 11.6 Å². The highest BCUT2D eigenvalue weighted by atomic mass is 19.1. The minimum absolute atomic E-state index is 0.0284. The molecule has 0 fully saturated rings. The molecule has 5 nitrogen and oxygen atoms in total. The summed E-state index contributed by atoms with van der Waals surface area (Å²) in [7, 11) is 0. The Labute approximate surface area is 123 Å². The van der Waals surface area contributed by atoms with Crippen molar-refractivity contribution in [3.05, 3.63) is 29.6 Å². The van der Waals surface area contributed by atoms with Gasteiger partial charge < -0.3 is 9.84 Å². The zero-order valence-electron chi connectivity index (χ0n) is 12.6. The maximum Gasteiger partial charge on any atom is 0.412 e. The van der Waals surface area contributed by atoms with Crippen molar-refractivity contribution < 1.29 is 23.8 Å². The molecule has 0 heterocycles. The smallest absolute Gasteiger partial charge is 0.412 e. The number of benzene rings is 1. The second kappa shape index (κ2) is 6.56. The van der Waals surface area contributed by atoms with Crippen molar-refractivity contribution in [2.24, 2.45) is 5.92 Å². The molecule has 0 aliphatic carbocycles. The van der Waals surface area contributed by atoms with E-state index in [0.717, 1.165) is 0 Å². The van der Waals surface area contributed by atoms with E-state index in [2.05, 4.69) is 5.32 Å². The summed E-state index contributed by atoms with van der Waals surface area (Å²) in [5, 5.41) is 11.2. The first kappa shape index (κ1) is 16.9. The number of aliphatic carboxylic acids is 1. The molecular formula is C15H20FNO4. The Morgan fingerprint density at radius 3 is 2.52 bits per heavy atom. The molecule has 0 aliphatic rings. The van der Waals surface area contributed by atoms with Crippen LogP contribution in [-0.2, 0) is 16.0 Å². The van der Waals surface area contributed by atoms with Gasteiger partial charge in [0.1, 0.15) is 11.4 Å². The van der Waals surface area contributed by atoms with E-state index in [4.69, 9.17) is 9.84 Å². The largest absolute Gasteiger partial charge is 0.481 e. The van der Waals surface area contributed by atoms with Crippen molar-refractivity contribution in [3.8, 4) is 0 Å². The highest BCUT2D eigenvalue weighted by Gasteiger charge is 2.18. The van der Waals surface area contributed by atoms with Gasteiger partial charge in [0.2, 0.25) is 0 Å². The van der Waals surface area contributed by atoms with E-state index in [1.165, 1.54) is 18.2 Å². The minimum atomic E-state index is -0.930. The molecule has 2 N–H and O–H groups in total. The first-order chi connectivity index (χ1) is 9.58. The van der Waals surface area contributed by atoms with Crippen LogP contribution in [0.25, 0.3) is 0 Å². The number of carbonyl (C=O) groups excluding carboxylic acids is 1. The number of anilines is 1. The number of amides is 1. The van der Waals surface area contributed by atoms with Gasteiger partial charge in [-0.25, -0.2) is 9.18 Å². The monoisotopic (exact) mass is 297 g/mol. The van der Waals surface area contributed by atoms with Crippen LogP contribution in [-0.4, -0.2) is 22.8 Å². The lowest BCUT2D eigenvalue weighted by atomic mass is 10.0. The zero-order valence-corrected chi connectivity index (χ0v) is 12.6. The first-order valence-corrected chi connectivity index (χ1v) is 6.59. The van der Waals surface area contributed by atoms with E-state index in [9.17, 15) is 14.0 Å². The van der Waals surface area contributed by atoms with Gasteiger partial charge >= 0.3 is 12.1 Å². The van der Waals surface area contributed by atoms with Gasteiger partial charge in [0.15, 0.2) is 0 Å². The topological polar surface area (TPSA) is 75.6 Å². The third-order valence-corrected chi connectivity index (χ3v) is 2.63. The van der Waals surface area contributed by atoms with Gasteiger partial charge in [0, 0.05) is 0 Å². The number of halogens is 1. The predicted octanol–water partition coefficient (Wildman–Crippen LogP) is 3.44. The van der Waals surface area contributed by atoms with Crippen molar-refractivity contribution in [3.63, 3.8) is 0 Å². The van der Waals surface area contributed by atoms with Crippen molar-refractivity contribution in [2.75, 3.05) is 5.32 Å². The SMILES string of the molecule is CC(Cc1ccc(F)c(NC(=O)OC(C)(C)C)c1)C(=O)O. The average Bonchev–Trinajstić information content (AvgIpc) is 2.30. The lowest BCUT2D eigenvalue weighted by molar-refractivity contribution is -0.141. The summed E-state index contributed by atoms with van der Waals surface area (Å²) in [4.78, 5) is 22.5. The van der Waals surface area contributed by atoms with E-state index < -0.39 is 29.4 Å².